The Morgan fingerprint density at radius 1 is 1.00 bits per heavy atom. The first kappa shape index (κ1) is 14.6. The van der Waals surface area contributed by atoms with Gasteiger partial charge in [-0.15, -0.1) is 0 Å². The molecule has 2 heteroatoms. The summed E-state index contributed by atoms with van der Waals surface area (Å²) in [5, 5.41) is 18.6. The van der Waals surface area contributed by atoms with Gasteiger partial charge in [0.05, 0.1) is 0 Å². The highest BCUT2D eigenvalue weighted by Gasteiger charge is 2.42. The molecule has 0 aromatic rings. The van der Waals surface area contributed by atoms with Crippen molar-refractivity contribution < 1.29 is 0 Å². The van der Waals surface area contributed by atoms with Crippen LogP contribution < -0.4 is 0 Å². The molecule has 0 aromatic heterocycles. The van der Waals surface area contributed by atoms with Gasteiger partial charge in [-0.25, -0.2) is 0 Å². The number of allylic oxidation sites excluding steroid dienone is 10. The molecule has 0 radical (unpaired) electrons. The Balaban J connectivity index is 2.17. The van der Waals surface area contributed by atoms with Crippen molar-refractivity contribution in [3.8, 4) is 12.1 Å². The third-order valence-electron chi connectivity index (χ3n) is 5.33. The van der Waals surface area contributed by atoms with E-state index in [-0.39, 0.29) is 11.5 Å². The minimum atomic E-state index is 0.132. The van der Waals surface area contributed by atoms with E-state index in [4.69, 9.17) is 0 Å². The van der Waals surface area contributed by atoms with E-state index in [9.17, 15) is 10.5 Å². The third-order valence-corrected chi connectivity index (χ3v) is 5.33. The summed E-state index contributed by atoms with van der Waals surface area (Å²) in [5.74, 6) is 1.82. The number of hydrogen-bond donors (Lipinski definition) is 0. The summed E-state index contributed by atoms with van der Waals surface area (Å²) < 4.78 is 0. The van der Waals surface area contributed by atoms with Gasteiger partial charge in [0.1, 0.15) is 17.7 Å². The van der Waals surface area contributed by atoms with Crippen LogP contribution in [0.1, 0.15) is 20.8 Å². The van der Waals surface area contributed by atoms with Crippen LogP contribution in [0.15, 0.2) is 58.7 Å². The lowest BCUT2D eigenvalue weighted by Gasteiger charge is -2.34. The van der Waals surface area contributed by atoms with Crippen LogP contribution >= 0.6 is 0 Å². The van der Waals surface area contributed by atoms with E-state index >= 15 is 0 Å². The largest absolute Gasteiger partial charge is 0.192 e. The monoisotopic (exact) mass is 288 g/mol. The maximum absolute atomic E-state index is 9.28. The van der Waals surface area contributed by atoms with Gasteiger partial charge in [-0.3, -0.25) is 0 Å². The van der Waals surface area contributed by atoms with Crippen LogP contribution in [-0.4, -0.2) is 0 Å². The fourth-order valence-electron chi connectivity index (χ4n) is 3.90. The molecule has 4 rings (SSSR count). The normalized spacial score (nSPS) is 33.5. The highest BCUT2D eigenvalue weighted by Crippen LogP contribution is 2.51. The summed E-state index contributed by atoms with van der Waals surface area (Å²) in [6, 6.07) is 4.15. The average molecular weight is 288 g/mol. The highest BCUT2D eigenvalue weighted by atomic mass is 14.5. The lowest BCUT2D eigenvalue weighted by atomic mass is 9.69. The summed E-state index contributed by atoms with van der Waals surface area (Å²) in [5.41, 5.74) is 3.95. The van der Waals surface area contributed by atoms with Gasteiger partial charge in [-0.2, -0.15) is 10.5 Å². The highest BCUT2D eigenvalue weighted by molar-refractivity contribution is 5.53. The Morgan fingerprint density at radius 2 is 1.68 bits per heavy atom. The van der Waals surface area contributed by atoms with Gasteiger partial charge in [0.2, 0.25) is 0 Å². The Hall–Kier alpha value is -2.32. The van der Waals surface area contributed by atoms with Gasteiger partial charge in [0.25, 0.3) is 0 Å². The van der Waals surface area contributed by atoms with Crippen LogP contribution in [0.3, 0.4) is 0 Å². The number of hydrogen-bond acceptors (Lipinski definition) is 2. The molecular formula is C20H20N2. The predicted molar refractivity (Wildman–Crippen MR) is 87.2 cm³/mol. The minimum absolute atomic E-state index is 0.132. The molecule has 0 saturated heterocycles. The average Bonchev–Trinajstić information content (AvgIpc) is 2.79. The van der Waals surface area contributed by atoms with E-state index in [0.29, 0.717) is 23.7 Å². The van der Waals surface area contributed by atoms with Crippen molar-refractivity contribution in [3.05, 3.63) is 58.7 Å². The minimum Gasteiger partial charge on any atom is -0.192 e. The molecule has 4 atom stereocenters. The predicted octanol–water partition coefficient (Wildman–Crippen LogP) is 4.48. The van der Waals surface area contributed by atoms with E-state index < -0.39 is 0 Å². The molecule has 0 aromatic carbocycles. The molecule has 0 heterocycles. The first-order chi connectivity index (χ1) is 10.6. The molecule has 4 aliphatic rings. The molecule has 0 unspecified atom stereocenters. The van der Waals surface area contributed by atoms with Crippen LogP contribution in [0.5, 0.6) is 0 Å². The van der Waals surface area contributed by atoms with Crippen molar-refractivity contribution in [2.75, 3.05) is 0 Å². The van der Waals surface area contributed by atoms with Crippen LogP contribution in [-0.2, 0) is 0 Å². The molecular weight excluding hydrogens is 268 g/mol. The van der Waals surface area contributed by atoms with Crippen molar-refractivity contribution in [2.24, 2.45) is 29.6 Å². The molecule has 4 aliphatic carbocycles. The standard InChI is InChI=1S/C20H20N2/c1-12(2)13(3)16-8-9-18-14-4-6-17(15(10-21)11-22)19(7-5-14)20(16)18/h4-9,12,14,18-20H,1-3H3/b16-13+/t14-,18+,19-,20+/m0/s1. The van der Waals surface area contributed by atoms with E-state index in [1.165, 1.54) is 11.1 Å². The molecule has 2 nitrogen and oxygen atoms in total. The molecule has 0 amide bonds. The molecule has 22 heavy (non-hydrogen) atoms. The smallest absolute Gasteiger partial charge is 0.133 e. The molecule has 0 fully saturated rings. The first-order valence-corrected chi connectivity index (χ1v) is 7.88. The topological polar surface area (TPSA) is 47.6 Å². The van der Waals surface area contributed by atoms with Crippen LogP contribution in [0.2, 0.25) is 0 Å². The lowest BCUT2D eigenvalue weighted by Crippen LogP contribution is -2.27. The fourth-order valence-corrected chi connectivity index (χ4v) is 3.90. The van der Waals surface area contributed by atoms with Crippen molar-refractivity contribution in [1.29, 1.82) is 10.5 Å². The zero-order valence-electron chi connectivity index (χ0n) is 13.2. The Morgan fingerprint density at radius 3 is 2.32 bits per heavy atom. The fraction of sp³-hybridized carbons (Fsp3) is 0.400. The van der Waals surface area contributed by atoms with Gasteiger partial charge in [0.15, 0.2) is 0 Å². The maximum Gasteiger partial charge on any atom is 0.133 e. The second-order valence-corrected chi connectivity index (χ2v) is 6.66. The van der Waals surface area contributed by atoms with E-state index in [2.05, 4.69) is 63.3 Å². The van der Waals surface area contributed by atoms with E-state index in [0.717, 1.165) is 5.57 Å². The summed E-state index contributed by atoms with van der Waals surface area (Å²) in [6.07, 6.45) is 13.2. The Kier molecular flexibility index (Phi) is 3.63. The Bertz CT molecular complexity index is 713. The second kappa shape index (κ2) is 5.47. The van der Waals surface area contributed by atoms with Gasteiger partial charge in [0, 0.05) is 17.8 Å². The molecule has 2 bridgehead atoms. The van der Waals surface area contributed by atoms with Gasteiger partial charge in [-0.05, 0) is 29.9 Å². The third kappa shape index (κ3) is 2.08. The first-order valence-electron chi connectivity index (χ1n) is 7.88. The van der Waals surface area contributed by atoms with Gasteiger partial charge < -0.3 is 0 Å². The quantitative estimate of drug-likeness (QED) is 0.527. The SMILES string of the molecule is C/C(=C1/C=C[C@@H]2[C@H]3C=CC(=C(C#N)C#N)[C@H](C=C3)[C@H]12)C(C)C. The van der Waals surface area contributed by atoms with Crippen LogP contribution in [0.4, 0.5) is 0 Å². The zero-order valence-corrected chi connectivity index (χ0v) is 13.2. The maximum atomic E-state index is 9.28. The molecule has 110 valence electrons. The van der Waals surface area contributed by atoms with Crippen molar-refractivity contribution in [3.63, 3.8) is 0 Å². The van der Waals surface area contributed by atoms with Gasteiger partial charge >= 0.3 is 0 Å². The number of nitriles is 2. The van der Waals surface area contributed by atoms with Crippen molar-refractivity contribution >= 4 is 0 Å². The van der Waals surface area contributed by atoms with Crippen molar-refractivity contribution in [1.82, 2.24) is 0 Å². The van der Waals surface area contributed by atoms with Crippen LogP contribution in [0.25, 0.3) is 0 Å². The van der Waals surface area contributed by atoms with Crippen LogP contribution in [0, 0.1) is 52.3 Å². The summed E-state index contributed by atoms with van der Waals surface area (Å²) >= 11 is 0. The van der Waals surface area contributed by atoms with Crippen molar-refractivity contribution in [2.45, 2.75) is 20.8 Å². The van der Waals surface area contributed by atoms with Gasteiger partial charge in [-0.1, -0.05) is 55.9 Å². The molecule has 0 saturated carbocycles. The summed E-state index contributed by atoms with van der Waals surface area (Å²) in [7, 11) is 0. The molecule has 0 aliphatic heterocycles. The lowest BCUT2D eigenvalue weighted by molar-refractivity contribution is 0.354. The summed E-state index contributed by atoms with van der Waals surface area (Å²) in [4.78, 5) is 0. The Labute approximate surface area is 132 Å². The summed E-state index contributed by atoms with van der Waals surface area (Å²) in [6.45, 7) is 6.65. The zero-order chi connectivity index (χ0) is 15.9. The van der Waals surface area contributed by atoms with E-state index in [1.54, 1.807) is 0 Å². The number of nitrogens with zero attached hydrogens (tertiary/aromatic N) is 2. The number of fused-ring (bicyclic) bond motifs is 1. The second-order valence-electron chi connectivity index (χ2n) is 6.66. The van der Waals surface area contributed by atoms with E-state index in [1.807, 2.05) is 6.08 Å². The number of rotatable bonds is 1. The molecule has 0 spiro atoms. The molecule has 0 N–H and O–H groups in total.